The molecule has 0 aromatic carbocycles. The highest BCUT2D eigenvalue weighted by Crippen LogP contribution is 2.20. The van der Waals surface area contributed by atoms with Crippen LogP contribution in [0.2, 0.25) is 5.28 Å². The Morgan fingerprint density at radius 1 is 1.26 bits per heavy atom. The zero-order chi connectivity index (χ0) is 13.1. The van der Waals surface area contributed by atoms with Gasteiger partial charge in [-0.1, -0.05) is 6.07 Å². The van der Waals surface area contributed by atoms with Crippen molar-refractivity contribution in [2.45, 2.75) is 6.42 Å². The van der Waals surface area contributed by atoms with Crippen LogP contribution in [0.5, 0.6) is 0 Å². The van der Waals surface area contributed by atoms with Crippen LogP contribution in [0.3, 0.4) is 0 Å². The number of anilines is 1. The van der Waals surface area contributed by atoms with Crippen LogP contribution >= 0.6 is 11.6 Å². The molecule has 3 aromatic heterocycles. The Kier molecular flexibility index (Phi) is 3.29. The first kappa shape index (κ1) is 11.9. The number of hydrogen-bond acceptors (Lipinski definition) is 4. The zero-order valence-electron chi connectivity index (χ0n) is 10.1. The van der Waals surface area contributed by atoms with Gasteiger partial charge >= 0.3 is 0 Å². The number of pyridine rings is 1. The maximum Gasteiger partial charge on any atom is 0.226 e. The molecule has 3 aromatic rings. The molecule has 96 valence electrons. The zero-order valence-corrected chi connectivity index (χ0v) is 10.9. The molecule has 5 nitrogen and oxygen atoms in total. The minimum atomic E-state index is 0.235. The largest absolute Gasteiger partial charge is 0.369 e. The molecule has 0 bridgehead atoms. The molecule has 6 heteroatoms. The summed E-state index contributed by atoms with van der Waals surface area (Å²) in [6.07, 6.45) is 6.33. The number of halogens is 1. The molecule has 3 rings (SSSR count). The second-order valence-electron chi connectivity index (χ2n) is 4.12. The molecule has 0 spiro atoms. The molecule has 0 saturated carbocycles. The van der Waals surface area contributed by atoms with E-state index in [9.17, 15) is 0 Å². The molecule has 0 fully saturated rings. The van der Waals surface area contributed by atoms with Crippen LogP contribution in [0.25, 0.3) is 11.0 Å². The summed E-state index contributed by atoms with van der Waals surface area (Å²) in [6.45, 7) is 0.763. The highest BCUT2D eigenvalue weighted by atomic mass is 35.5. The van der Waals surface area contributed by atoms with Gasteiger partial charge in [0.2, 0.25) is 5.28 Å². The topological polar surface area (TPSA) is 66.5 Å². The van der Waals surface area contributed by atoms with Crippen LogP contribution in [-0.2, 0) is 6.42 Å². The van der Waals surface area contributed by atoms with Gasteiger partial charge in [0.25, 0.3) is 0 Å². The monoisotopic (exact) mass is 273 g/mol. The maximum absolute atomic E-state index is 5.88. The van der Waals surface area contributed by atoms with Gasteiger partial charge in [0.1, 0.15) is 11.5 Å². The van der Waals surface area contributed by atoms with Gasteiger partial charge in [-0.25, -0.2) is 4.98 Å². The van der Waals surface area contributed by atoms with Crippen molar-refractivity contribution in [1.29, 1.82) is 0 Å². The van der Waals surface area contributed by atoms with E-state index in [1.54, 1.807) is 6.20 Å². The van der Waals surface area contributed by atoms with Crippen LogP contribution in [-0.4, -0.2) is 26.5 Å². The van der Waals surface area contributed by atoms with Crippen molar-refractivity contribution in [2.75, 3.05) is 11.9 Å². The van der Waals surface area contributed by atoms with Crippen molar-refractivity contribution < 1.29 is 0 Å². The first-order valence-corrected chi connectivity index (χ1v) is 6.34. The average molecular weight is 274 g/mol. The van der Waals surface area contributed by atoms with Gasteiger partial charge in [0.15, 0.2) is 0 Å². The molecular formula is C13H12ClN5. The molecule has 0 amide bonds. The van der Waals surface area contributed by atoms with Gasteiger partial charge in [-0.15, -0.1) is 0 Å². The molecule has 0 saturated heterocycles. The lowest BCUT2D eigenvalue weighted by Gasteiger charge is -2.06. The Bertz CT molecular complexity index is 680. The number of rotatable bonds is 4. The summed E-state index contributed by atoms with van der Waals surface area (Å²) in [6, 6.07) is 5.91. The Labute approximate surface area is 115 Å². The number of hydrogen-bond donors (Lipinski definition) is 2. The molecular weight excluding hydrogens is 262 g/mol. The SMILES string of the molecule is Clc1nc(NCCc2cccnc2)c2cc[nH]c2n1. The van der Waals surface area contributed by atoms with Gasteiger partial charge in [-0.2, -0.15) is 4.98 Å². The summed E-state index contributed by atoms with van der Waals surface area (Å²) in [5, 5.41) is 4.46. The maximum atomic E-state index is 5.88. The fourth-order valence-corrected chi connectivity index (χ4v) is 2.09. The second-order valence-corrected chi connectivity index (χ2v) is 4.46. The van der Waals surface area contributed by atoms with E-state index in [4.69, 9.17) is 11.6 Å². The fraction of sp³-hybridized carbons (Fsp3) is 0.154. The van der Waals surface area contributed by atoms with Crippen LogP contribution in [0.1, 0.15) is 5.56 Å². The smallest absolute Gasteiger partial charge is 0.226 e. The quantitative estimate of drug-likeness (QED) is 0.717. The summed E-state index contributed by atoms with van der Waals surface area (Å²) < 4.78 is 0. The number of nitrogens with one attached hydrogen (secondary N) is 2. The second kappa shape index (κ2) is 5.24. The van der Waals surface area contributed by atoms with Crippen molar-refractivity contribution in [1.82, 2.24) is 19.9 Å². The normalized spacial score (nSPS) is 10.8. The van der Waals surface area contributed by atoms with Gasteiger partial charge in [0, 0.05) is 25.1 Å². The Morgan fingerprint density at radius 2 is 2.21 bits per heavy atom. The highest BCUT2D eigenvalue weighted by Gasteiger charge is 2.06. The van der Waals surface area contributed by atoms with E-state index < -0.39 is 0 Å². The van der Waals surface area contributed by atoms with E-state index >= 15 is 0 Å². The minimum absolute atomic E-state index is 0.235. The van der Waals surface area contributed by atoms with Gasteiger partial charge in [0.05, 0.1) is 5.39 Å². The number of nitrogens with zero attached hydrogens (tertiary/aromatic N) is 3. The summed E-state index contributed by atoms with van der Waals surface area (Å²) in [7, 11) is 0. The molecule has 0 atom stereocenters. The summed E-state index contributed by atoms with van der Waals surface area (Å²) in [4.78, 5) is 15.4. The highest BCUT2D eigenvalue weighted by molar-refractivity contribution is 6.28. The first-order chi connectivity index (χ1) is 9.33. The molecule has 0 unspecified atom stereocenters. The lowest BCUT2D eigenvalue weighted by atomic mass is 10.2. The Hall–Kier alpha value is -2.14. The Balaban J connectivity index is 1.73. The van der Waals surface area contributed by atoms with Gasteiger partial charge in [-0.3, -0.25) is 4.98 Å². The van der Waals surface area contributed by atoms with Crippen molar-refractivity contribution in [3.63, 3.8) is 0 Å². The van der Waals surface area contributed by atoms with E-state index in [0.29, 0.717) is 0 Å². The van der Waals surface area contributed by atoms with E-state index in [1.807, 2.05) is 30.6 Å². The van der Waals surface area contributed by atoms with Crippen molar-refractivity contribution in [3.05, 3.63) is 47.6 Å². The average Bonchev–Trinajstić information content (AvgIpc) is 2.88. The lowest BCUT2D eigenvalue weighted by Crippen LogP contribution is -2.07. The number of aromatic nitrogens is 4. The van der Waals surface area contributed by atoms with E-state index in [0.717, 1.165) is 29.8 Å². The van der Waals surface area contributed by atoms with Crippen LogP contribution in [0.15, 0.2) is 36.8 Å². The van der Waals surface area contributed by atoms with Crippen molar-refractivity contribution in [2.24, 2.45) is 0 Å². The van der Waals surface area contributed by atoms with Gasteiger partial charge < -0.3 is 10.3 Å². The fourth-order valence-electron chi connectivity index (χ4n) is 1.92. The standard InChI is InChI=1S/C13H12ClN5/c14-13-18-11(10-4-7-17-12(10)19-13)16-6-3-9-2-1-5-15-8-9/h1-2,4-5,7-8H,3,6H2,(H2,16,17,18,19). The molecule has 19 heavy (non-hydrogen) atoms. The molecule has 0 radical (unpaired) electrons. The third-order valence-corrected chi connectivity index (χ3v) is 2.99. The van der Waals surface area contributed by atoms with Gasteiger partial charge in [-0.05, 0) is 35.7 Å². The van der Waals surface area contributed by atoms with E-state index in [2.05, 4.69) is 25.3 Å². The van der Waals surface area contributed by atoms with Crippen LogP contribution in [0, 0.1) is 0 Å². The third kappa shape index (κ3) is 2.66. The van der Waals surface area contributed by atoms with Crippen LogP contribution in [0.4, 0.5) is 5.82 Å². The van der Waals surface area contributed by atoms with Crippen molar-refractivity contribution in [3.8, 4) is 0 Å². The number of fused-ring (bicyclic) bond motifs is 1. The van der Waals surface area contributed by atoms with Crippen molar-refractivity contribution >= 4 is 28.5 Å². The number of aromatic amines is 1. The summed E-state index contributed by atoms with van der Waals surface area (Å²) in [5.74, 6) is 0.750. The lowest BCUT2D eigenvalue weighted by molar-refractivity contribution is 0.994. The first-order valence-electron chi connectivity index (χ1n) is 5.96. The molecule has 0 aliphatic rings. The third-order valence-electron chi connectivity index (χ3n) is 2.82. The predicted octanol–water partition coefficient (Wildman–Crippen LogP) is 2.66. The number of H-pyrrole nitrogens is 1. The molecule has 0 aliphatic carbocycles. The molecule has 3 heterocycles. The van der Waals surface area contributed by atoms with E-state index in [1.165, 1.54) is 5.56 Å². The van der Waals surface area contributed by atoms with E-state index in [-0.39, 0.29) is 5.28 Å². The van der Waals surface area contributed by atoms with Crippen LogP contribution < -0.4 is 5.32 Å². The predicted molar refractivity (Wildman–Crippen MR) is 75.3 cm³/mol. The molecule has 0 aliphatic heterocycles. The minimum Gasteiger partial charge on any atom is -0.369 e. The summed E-state index contributed by atoms with van der Waals surface area (Å²) >= 11 is 5.88. The molecule has 2 N–H and O–H groups in total. The Morgan fingerprint density at radius 3 is 3.05 bits per heavy atom. The summed E-state index contributed by atoms with van der Waals surface area (Å²) in [5.41, 5.74) is 1.92.